The molecule has 8 heterocycles. The van der Waals surface area contributed by atoms with E-state index < -0.39 is 145 Å². The number of carbonyl (C=O) groups excluding carboxylic acids is 12. The lowest BCUT2D eigenvalue weighted by atomic mass is 10.1. The minimum Gasteiger partial charge on any atom is -0.370 e. The Hall–Kier alpha value is -11.9. The van der Waals surface area contributed by atoms with E-state index in [1.165, 1.54) is 27.9 Å². The van der Waals surface area contributed by atoms with Crippen LogP contribution in [0.25, 0.3) is 45.0 Å². The molecular formula is C90H119F6N25O13S4. The van der Waals surface area contributed by atoms with Crippen molar-refractivity contribution in [3.05, 3.63) is 121 Å². The van der Waals surface area contributed by atoms with Crippen LogP contribution in [0.2, 0.25) is 0 Å². The van der Waals surface area contributed by atoms with Gasteiger partial charge < -0.3 is 93.9 Å². The molecule has 0 unspecified atom stereocenters. The van der Waals surface area contributed by atoms with E-state index in [0.29, 0.717) is 114 Å². The Morgan fingerprint density at radius 1 is 0.384 bits per heavy atom. The number of hydrogen-bond donors (Lipinski definition) is 13. The molecule has 12 rings (SSSR count). The van der Waals surface area contributed by atoms with Gasteiger partial charge in [-0.25, -0.2) is 0 Å². The summed E-state index contributed by atoms with van der Waals surface area (Å²) >= 11 is 4.12. The van der Waals surface area contributed by atoms with Crippen LogP contribution in [0.5, 0.6) is 0 Å². The standard InChI is InChI=1S/C25H36N6O4S.C23H33N7O3S.2C21H25F3N6O3S/c1-15(26-6)21(32)27-19(16(2)35-25(3,4)5)24(34)31-14-10-13-18(31)22(33)28-23-20(29-30-36-23)17-11-8-7-9-12-17;1-15(25-2)20(31)26-17(11-6-7-13-24)23(33)30-14-8-12-18(30)21(32)27-22-19(28-29-34-22)16-9-4-3-5-10-16;2*1-12(25-2)17(31)26-14(11-21(22,23)24)20(33)30-10-6-9-15(30)18(32)27-19-16(28-29-34-19)13-7-4-3-5-8-13/h7-9,11-12,15-16,18-19,26H,10,13-14H2,1-6H3,(H,27,32)(H,28,33);3-5,9-10,15,17-18,25H,6-8,11-14,24H2,1-2H3,(H,26,31)(H,27,32);2*3-5,7-8,12,14-15,25H,6,9-11H2,1-2H3,(H,26,31)(H,27,32)/t15-,16+,18-,19-;15-,17-,18-;12-,14+,15-;12-,14-,15-/m0000/s1. The molecule has 0 radical (unpaired) electrons. The number of nitrogens with zero attached hydrogens (tertiary/aromatic N) is 12. The van der Waals surface area contributed by atoms with Gasteiger partial charge in [0.15, 0.2) is 0 Å². The van der Waals surface area contributed by atoms with Crippen LogP contribution in [-0.4, -0.2) is 286 Å². The summed E-state index contributed by atoms with van der Waals surface area (Å²) in [5.74, 6) is -6.20. The summed E-state index contributed by atoms with van der Waals surface area (Å²) in [6.07, 6.45) is -7.20. The SMILES string of the molecule is CN[C@@H](C)C(=O)N[C@@H](CC(F)(F)F)C(=O)N1CCC[C@H]1C(=O)Nc1snnc1-c1ccccc1.CN[C@@H](C)C(=O)N[C@@H](CCCCN)C(=O)N1CCC[C@H]1C(=O)Nc1snnc1-c1ccccc1.CN[C@@H](C)C(=O)N[C@H](C(=O)N1CCC[C@H]1C(=O)Nc1snnc1-c1ccccc1)[C@@H](C)OC(C)(C)C.CN[C@@H](C)C(=O)N[C@H](CC(F)(F)F)C(=O)N1CCC[C@H]1C(=O)Nc1snnc1-c1ccccc1. The summed E-state index contributed by atoms with van der Waals surface area (Å²) in [6.45, 7) is 15.4. The van der Waals surface area contributed by atoms with Crippen LogP contribution in [0.15, 0.2) is 121 Å². The smallest absolute Gasteiger partial charge is 0.370 e. The number of aromatic nitrogens is 8. The topological polar surface area (TPSA) is 501 Å². The molecule has 0 aliphatic carbocycles. The number of nitrogens with one attached hydrogen (secondary N) is 12. The van der Waals surface area contributed by atoms with Crippen LogP contribution in [-0.2, 0) is 62.3 Å². The van der Waals surface area contributed by atoms with Crippen LogP contribution in [0.1, 0.15) is 139 Å². The highest BCUT2D eigenvalue weighted by molar-refractivity contribution is 7.11. The molecule has 4 aliphatic rings. The third-order valence-corrected chi connectivity index (χ3v) is 25.5. The average molecular weight is 2000 g/mol. The number of anilines is 4. The maximum Gasteiger partial charge on any atom is 0.391 e. The van der Waals surface area contributed by atoms with Crippen molar-refractivity contribution < 1.29 is 88.6 Å². The van der Waals surface area contributed by atoms with E-state index >= 15 is 0 Å². The highest BCUT2D eigenvalue weighted by Crippen LogP contribution is 2.37. The molecule has 12 amide bonds. The van der Waals surface area contributed by atoms with E-state index in [4.69, 9.17) is 10.5 Å². The fraction of sp³-hybridized carbons (Fsp3) is 0.511. The number of alkyl halides is 6. The molecule has 13 atom stereocenters. The van der Waals surface area contributed by atoms with E-state index in [0.717, 1.165) is 84.6 Å². The van der Waals surface area contributed by atoms with Gasteiger partial charge in [0.1, 0.15) is 91.1 Å². The molecule has 0 bridgehead atoms. The van der Waals surface area contributed by atoms with Crippen molar-refractivity contribution in [2.45, 2.75) is 235 Å². The normalized spacial score (nSPS) is 17.8. The maximum atomic E-state index is 13.7. The molecule has 8 aromatic rings. The molecule has 748 valence electrons. The van der Waals surface area contributed by atoms with E-state index in [-0.39, 0.29) is 61.4 Å². The van der Waals surface area contributed by atoms with Gasteiger partial charge in [0.05, 0.1) is 48.7 Å². The summed E-state index contributed by atoms with van der Waals surface area (Å²) in [5.41, 5.74) is 10.4. The molecule has 48 heteroatoms. The van der Waals surface area contributed by atoms with Gasteiger partial charge >= 0.3 is 12.4 Å². The second kappa shape index (κ2) is 52.2. The molecule has 38 nitrogen and oxygen atoms in total. The minimum atomic E-state index is -4.69. The number of ether oxygens (including phenoxy) is 1. The molecule has 0 spiro atoms. The van der Waals surface area contributed by atoms with Crippen molar-refractivity contribution >= 4 is 137 Å². The molecule has 0 saturated carbocycles. The predicted molar refractivity (Wildman–Crippen MR) is 511 cm³/mol. The molecule has 138 heavy (non-hydrogen) atoms. The van der Waals surface area contributed by atoms with Crippen molar-refractivity contribution in [1.29, 1.82) is 0 Å². The van der Waals surface area contributed by atoms with Gasteiger partial charge in [0.25, 0.3) is 0 Å². The molecular weight excluding hydrogens is 1880 g/mol. The van der Waals surface area contributed by atoms with Crippen molar-refractivity contribution in [3.8, 4) is 45.0 Å². The second-order valence-corrected chi connectivity index (χ2v) is 37.1. The van der Waals surface area contributed by atoms with E-state index in [1.54, 1.807) is 68.9 Å². The molecule has 4 aromatic heterocycles. The molecule has 4 fully saturated rings. The number of nitrogens with two attached hydrogens (primary N) is 1. The quantitative estimate of drug-likeness (QED) is 0.0130. The number of halogens is 6. The highest BCUT2D eigenvalue weighted by Gasteiger charge is 2.48. The summed E-state index contributed by atoms with van der Waals surface area (Å²) in [7, 11) is 6.32. The third-order valence-electron chi connectivity index (χ3n) is 23.0. The van der Waals surface area contributed by atoms with E-state index in [9.17, 15) is 83.9 Å². The first kappa shape index (κ1) is 110. The zero-order valence-corrected chi connectivity index (χ0v) is 81.7. The van der Waals surface area contributed by atoms with Crippen LogP contribution < -0.4 is 69.5 Å². The zero-order valence-electron chi connectivity index (χ0n) is 78.4. The Kier molecular flexibility index (Phi) is 41.5. The number of benzene rings is 4. The first-order valence-electron chi connectivity index (χ1n) is 45.1. The van der Waals surface area contributed by atoms with Gasteiger partial charge in [0, 0.05) is 94.6 Å². The number of unbranched alkanes of at least 4 members (excludes halogenated alkanes) is 1. The minimum absolute atomic E-state index is 0.106. The lowest BCUT2D eigenvalue weighted by Gasteiger charge is -2.34. The van der Waals surface area contributed by atoms with Crippen molar-refractivity contribution in [2.24, 2.45) is 5.73 Å². The summed E-state index contributed by atoms with van der Waals surface area (Å²) in [5, 5.41) is 50.5. The fourth-order valence-corrected chi connectivity index (χ4v) is 17.7. The first-order chi connectivity index (χ1) is 65.7. The third kappa shape index (κ3) is 31.6. The van der Waals surface area contributed by atoms with Gasteiger partial charge in [-0.15, -0.1) is 20.4 Å². The summed E-state index contributed by atoms with van der Waals surface area (Å²) < 4.78 is 101. The highest BCUT2D eigenvalue weighted by atomic mass is 32.1. The van der Waals surface area contributed by atoms with Crippen LogP contribution in [0, 0.1) is 0 Å². The zero-order chi connectivity index (χ0) is 101. The Morgan fingerprint density at radius 3 is 0.891 bits per heavy atom. The molecule has 4 aliphatic heterocycles. The largest absolute Gasteiger partial charge is 0.391 e. The number of amides is 12. The van der Waals surface area contributed by atoms with E-state index in [1.807, 2.05) is 118 Å². The second-order valence-electron chi connectivity index (χ2n) is 34.1. The Bertz CT molecular complexity index is 5190. The van der Waals surface area contributed by atoms with Crippen molar-refractivity contribution in [3.63, 3.8) is 0 Å². The average Bonchev–Trinajstić information content (AvgIpc) is 1.63. The fourth-order valence-electron chi connectivity index (χ4n) is 15.3. The predicted octanol–water partition coefficient (Wildman–Crippen LogP) is 8.15. The monoisotopic (exact) mass is 2000 g/mol. The molecule has 4 aromatic carbocycles. The molecule has 4 saturated heterocycles. The summed E-state index contributed by atoms with van der Waals surface area (Å²) in [4.78, 5) is 161. The lowest BCUT2D eigenvalue weighted by Crippen LogP contribution is -2.59. The van der Waals surface area contributed by atoms with Gasteiger partial charge in [-0.2, -0.15) is 26.3 Å². The summed E-state index contributed by atoms with van der Waals surface area (Å²) in [6, 6.07) is 26.0. The Morgan fingerprint density at radius 2 is 0.638 bits per heavy atom. The van der Waals surface area contributed by atoms with Crippen molar-refractivity contribution in [1.82, 2.24) is 100 Å². The van der Waals surface area contributed by atoms with Crippen molar-refractivity contribution in [2.75, 3.05) is 82.2 Å². The number of likely N-dealkylation sites (tertiary alicyclic amines) is 4. The lowest BCUT2D eigenvalue weighted by molar-refractivity contribution is -0.157. The first-order valence-corrected chi connectivity index (χ1v) is 48.2. The molecule has 14 N–H and O–H groups in total. The van der Waals surface area contributed by atoms with Gasteiger partial charge in [-0.3, -0.25) is 57.5 Å². The number of carbonyl (C=O) groups is 12. The van der Waals surface area contributed by atoms with Crippen LogP contribution in [0.3, 0.4) is 0 Å². The van der Waals surface area contributed by atoms with E-state index in [2.05, 4.69) is 102 Å². The van der Waals surface area contributed by atoms with Crippen LogP contribution >= 0.6 is 46.1 Å². The van der Waals surface area contributed by atoms with Gasteiger partial charge in [0.2, 0.25) is 70.9 Å². The van der Waals surface area contributed by atoms with Gasteiger partial charge in [-0.05, 0) is 161 Å². The Balaban J connectivity index is 0.000000206. The number of hydrogen-bond acceptors (Lipinski definition) is 30. The Labute approximate surface area is 811 Å². The number of rotatable bonds is 36. The van der Waals surface area contributed by atoms with Gasteiger partial charge in [-0.1, -0.05) is 139 Å². The van der Waals surface area contributed by atoms with Crippen LogP contribution in [0.4, 0.5) is 46.3 Å². The number of likely N-dealkylation sites (N-methyl/N-ethyl adjacent to an activating group) is 4. The maximum absolute atomic E-state index is 13.7.